The number of hydrogen-bond acceptors (Lipinski definition) is 7. The zero-order valence-corrected chi connectivity index (χ0v) is 25.9. The first-order chi connectivity index (χ1) is 18.9. The highest BCUT2D eigenvalue weighted by Crippen LogP contribution is 2.43. The SMILES string of the molecule is CCCc1nc2ccc(Br)cc2c(=O)n1N=Cc1cc(OCC)c(OCc2ccc3c(c2)OCO3)c(Br)c1Br. The smallest absolute Gasteiger partial charge is 0.282 e. The molecule has 4 aromatic rings. The Hall–Kier alpha value is -2.89. The highest BCUT2D eigenvalue weighted by Gasteiger charge is 2.19. The topological polar surface area (TPSA) is 84.2 Å². The Morgan fingerprint density at radius 3 is 2.64 bits per heavy atom. The van der Waals surface area contributed by atoms with Crippen molar-refractivity contribution in [2.24, 2.45) is 5.10 Å². The van der Waals surface area contributed by atoms with Crippen molar-refractivity contribution in [1.29, 1.82) is 0 Å². The first-order valence-corrected chi connectivity index (χ1v) is 14.7. The summed E-state index contributed by atoms with van der Waals surface area (Å²) in [5.74, 6) is 3.09. The first kappa shape index (κ1) is 27.7. The Balaban J connectivity index is 1.49. The van der Waals surface area contributed by atoms with Crippen LogP contribution < -0.4 is 24.5 Å². The Morgan fingerprint density at radius 1 is 1.03 bits per heavy atom. The van der Waals surface area contributed by atoms with E-state index in [2.05, 4.69) is 52.9 Å². The molecule has 0 amide bonds. The van der Waals surface area contributed by atoms with Gasteiger partial charge >= 0.3 is 0 Å². The number of aryl methyl sites for hydroxylation is 1. The zero-order valence-electron chi connectivity index (χ0n) is 21.2. The number of halogens is 3. The predicted octanol–water partition coefficient (Wildman–Crippen LogP) is 7.23. The molecule has 202 valence electrons. The Bertz CT molecular complexity index is 1640. The molecule has 0 unspecified atom stereocenters. The van der Waals surface area contributed by atoms with Gasteiger partial charge in [0.25, 0.3) is 5.56 Å². The van der Waals surface area contributed by atoms with Crippen LogP contribution in [0.5, 0.6) is 23.0 Å². The Labute approximate surface area is 250 Å². The quantitative estimate of drug-likeness (QED) is 0.170. The van der Waals surface area contributed by atoms with Crippen molar-refractivity contribution in [3.8, 4) is 23.0 Å². The Kier molecular flexibility index (Phi) is 8.58. The minimum atomic E-state index is -0.232. The van der Waals surface area contributed by atoms with Gasteiger partial charge in [0, 0.05) is 20.9 Å². The van der Waals surface area contributed by atoms with Crippen LogP contribution in [0.1, 0.15) is 37.2 Å². The normalized spacial score (nSPS) is 12.4. The molecule has 1 aromatic heterocycles. The molecule has 0 spiro atoms. The van der Waals surface area contributed by atoms with Gasteiger partial charge in [-0.25, -0.2) is 4.98 Å². The second kappa shape index (κ2) is 12.1. The summed E-state index contributed by atoms with van der Waals surface area (Å²) < 4.78 is 26.5. The number of aromatic nitrogens is 2. The van der Waals surface area contributed by atoms with E-state index >= 15 is 0 Å². The van der Waals surface area contributed by atoms with Crippen LogP contribution >= 0.6 is 47.8 Å². The van der Waals surface area contributed by atoms with Crippen molar-refractivity contribution < 1.29 is 18.9 Å². The monoisotopic (exact) mass is 719 g/mol. The van der Waals surface area contributed by atoms with Crippen LogP contribution in [-0.4, -0.2) is 29.3 Å². The van der Waals surface area contributed by atoms with Crippen LogP contribution in [0.15, 0.2) is 65.8 Å². The van der Waals surface area contributed by atoms with E-state index in [1.165, 1.54) is 4.68 Å². The maximum Gasteiger partial charge on any atom is 0.282 e. The lowest BCUT2D eigenvalue weighted by Crippen LogP contribution is -2.22. The van der Waals surface area contributed by atoms with Crippen molar-refractivity contribution >= 4 is 64.9 Å². The molecule has 0 aliphatic carbocycles. The summed E-state index contributed by atoms with van der Waals surface area (Å²) in [6, 6.07) is 13.0. The van der Waals surface area contributed by atoms with E-state index in [9.17, 15) is 4.79 Å². The molecule has 0 bridgehead atoms. The van der Waals surface area contributed by atoms with E-state index in [1.807, 2.05) is 50.2 Å². The van der Waals surface area contributed by atoms with Crippen LogP contribution in [0.3, 0.4) is 0 Å². The summed E-state index contributed by atoms with van der Waals surface area (Å²) >= 11 is 10.7. The first-order valence-electron chi connectivity index (χ1n) is 12.3. The second-order valence-electron chi connectivity index (χ2n) is 8.63. The number of fused-ring (bicyclic) bond motifs is 2. The van der Waals surface area contributed by atoms with Gasteiger partial charge in [-0.2, -0.15) is 9.78 Å². The van der Waals surface area contributed by atoms with Crippen LogP contribution in [0, 0.1) is 0 Å². The van der Waals surface area contributed by atoms with E-state index in [1.54, 1.807) is 12.3 Å². The summed E-state index contributed by atoms with van der Waals surface area (Å²) in [6.45, 7) is 4.89. The third-order valence-corrected chi connectivity index (χ3v) is 8.57. The fourth-order valence-electron chi connectivity index (χ4n) is 4.10. The summed E-state index contributed by atoms with van der Waals surface area (Å²) in [4.78, 5) is 18.1. The van der Waals surface area contributed by atoms with Crippen LogP contribution in [0.4, 0.5) is 0 Å². The van der Waals surface area contributed by atoms with Crippen molar-refractivity contribution in [3.05, 3.63) is 83.2 Å². The maximum absolute atomic E-state index is 13.4. The summed E-state index contributed by atoms with van der Waals surface area (Å²) in [5.41, 5.74) is 2.03. The van der Waals surface area contributed by atoms with Gasteiger partial charge in [-0.1, -0.05) is 28.9 Å². The molecular formula is C28H24Br3N3O5. The van der Waals surface area contributed by atoms with Crippen molar-refractivity contribution in [2.75, 3.05) is 13.4 Å². The molecule has 3 aromatic carbocycles. The lowest BCUT2D eigenvalue weighted by Gasteiger charge is -2.16. The molecule has 0 radical (unpaired) electrons. The molecule has 1 aliphatic heterocycles. The number of benzene rings is 3. The molecular weight excluding hydrogens is 698 g/mol. The highest BCUT2D eigenvalue weighted by molar-refractivity contribution is 9.13. The average molecular weight is 722 g/mol. The third kappa shape index (κ3) is 5.85. The minimum absolute atomic E-state index is 0.217. The molecule has 0 fully saturated rings. The molecule has 0 atom stereocenters. The summed E-state index contributed by atoms with van der Waals surface area (Å²) in [5, 5.41) is 5.05. The minimum Gasteiger partial charge on any atom is -0.490 e. The van der Waals surface area contributed by atoms with Gasteiger partial charge in [0.15, 0.2) is 23.0 Å². The standard InChI is InChI=1S/C28H24Br3N3O5/c1-3-5-24-33-20-8-7-18(29)12-19(20)28(35)34(24)32-13-17-11-23(36-4-2)27(26(31)25(17)30)37-14-16-6-9-21-22(10-16)39-15-38-21/h6-13H,3-5,14-15H2,1-2H3. The van der Waals surface area contributed by atoms with E-state index in [0.29, 0.717) is 68.1 Å². The molecule has 0 saturated carbocycles. The largest absolute Gasteiger partial charge is 0.490 e. The second-order valence-corrected chi connectivity index (χ2v) is 11.1. The van der Waals surface area contributed by atoms with Gasteiger partial charge in [0.1, 0.15) is 12.4 Å². The zero-order chi connectivity index (χ0) is 27.5. The van der Waals surface area contributed by atoms with Crippen LogP contribution in [-0.2, 0) is 13.0 Å². The molecule has 0 N–H and O–H groups in total. The van der Waals surface area contributed by atoms with E-state index in [0.717, 1.165) is 22.2 Å². The number of ether oxygens (including phenoxy) is 4. The summed E-state index contributed by atoms with van der Waals surface area (Å²) in [6.07, 6.45) is 3.05. The van der Waals surface area contributed by atoms with Crippen molar-refractivity contribution in [3.63, 3.8) is 0 Å². The molecule has 1 aliphatic rings. The molecule has 0 saturated heterocycles. The number of nitrogens with zero attached hydrogens (tertiary/aromatic N) is 3. The molecule has 5 rings (SSSR count). The van der Waals surface area contributed by atoms with Gasteiger partial charge < -0.3 is 18.9 Å². The lowest BCUT2D eigenvalue weighted by molar-refractivity contribution is 0.174. The van der Waals surface area contributed by atoms with Crippen molar-refractivity contribution in [1.82, 2.24) is 9.66 Å². The highest BCUT2D eigenvalue weighted by atomic mass is 79.9. The predicted molar refractivity (Wildman–Crippen MR) is 161 cm³/mol. The average Bonchev–Trinajstić information content (AvgIpc) is 3.39. The van der Waals surface area contributed by atoms with Crippen LogP contribution in [0.2, 0.25) is 0 Å². The number of hydrogen-bond donors (Lipinski definition) is 0. The molecule has 39 heavy (non-hydrogen) atoms. The van der Waals surface area contributed by atoms with E-state index < -0.39 is 0 Å². The number of rotatable bonds is 9. The van der Waals surface area contributed by atoms with E-state index in [4.69, 9.17) is 23.9 Å². The Morgan fingerprint density at radius 2 is 1.85 bits per heavy atom. The van der Waals surface area contributed by atoms with Crippen LogP contribution in [0.25, 0.3) is 10.9 Å². The van der Waals surface area contributed by atoms with Crippen molar-refractivity contribution in [2.45, 2.75) is 33.3 Å². The van der Waals surface area contributed by atoms with Gasteiger partial charge in [-0.05, 0) is 87.2 Å². The lowest BCUT2D eigenvalue weighted by atomic mass is 10.2. The summed E-state index contributed by atoms with van der Waals surface area (Å²) in [7, 11) is 0. The fraction of sp³-hybridized carbons (Fsp3) is 0.250. The van der Waals surface area contributed by atoms with Gasteiger partial charge in [0.05, 0.1) is 28.2 Å². The maximum atomic E-state index is 13.4. The fourth-order valence-corrected chi connectivity index (χ4v) is 5.40. The molecule has 8 nitrogen and oxygen atoms in total. The van der Waals surface area contributed by atoms with Gasteiger partial charge in [0.2, 0.25) is 6.79 Å². The van der Waals surface area contributed by atoms with E-state index in [-0.39, 0.29) is 12.4 Å². The molecule has 2 heterocycles. The third-order valence-electron chi connectivity index (χ3n) is 5.94. The van der Waals surface area contributed by atoms with Gasteiger partial charge in [-0.15, -0.1) is 0 Å². The van der Waals surface area contributed by atoms with Gasteiger partial charge in [-0.3, -0.25) is 4.79 Å². The molecule has 11 heteroatoms.